The van der Waals surface area contributed by atoms with Crippen molar-refractivity contribution in [3.05, 3.63) is 35.5 Å². The summed E-state index contributed by atoms with van der Waals surface area (Å²) < 4.78 is 0. The third-order valence-electron chi connectivity index (χ3n) is 5.25. The van der Waals surface area contributed by atoms with Crippen molar-refractivity contribution in [2.45, 2.75) is 50.7 Å². The second-order valence-electron chi connectivity index (χ2n) is 6.70. The maximum atomic E-state index is 12.8. The molecule has 2 heterocycles. The lowest BCUT2D eigenvalue weighted by Gasteiger charge is -2.37. The van der Waals surface area contributed by atoms with E-state index in [2.05, 4.69) is 23.2 Å². The van der Waals surface area contributed by atoms with E-state index in [1.54, 1.807) is 0 Å². The highest BCUT2D eigenvalue weighted by atomic mass is 16.3. The van der Waals surface area contributed by atoms with Crippen LogP contribution in [0.1, 0.15) is 43.4 Å². The Morgan fingerprint density at radius 1 is 1.18 bits per heavy atom. The maximum Gasteiger partial charge on any atom is 0.254 e. The number of aliphatic hydroxyl groups is 1. The molecule has 2 N–H and O–H groups in total. The molecular weight excluding hydrogens is 276 g/mol. The van der Waals surface area contributed by atoms with Crippen molar-refractivity contribution < 1.29 is 9.90 Å². The molecule has 0 spiro atoms. The molecule has 22 heavy (non-hydrogen) atoms. The van der Waals surface area contributed by atoms with Gasteiger partial charge in [0.15, 0.2) is 0 Å². The van der Waals surface area contributed by atoms with Crippen molar-refractivity contribution in [1.82, 2.24) is 9.88 Å². The van der Waals surface area contributed by atoms with Crippen LogP contribution < -0.4 is 0 Å². The average molecular weight is 298 g/mol. The van der Waals surface area contributed by atoms with Gasteiger partial charge in [0.2, 0.25) is 0 Å². The van der Waals surface area contributed by atoms with E-state index < -0.39 is 5.60 Å². The molecular formula is C18H22N2O2. The largest absolute Gasteiger partial charge is 0.380 e. The third-order valence-corrected chi connectivity index (χ3v) is 5.25. The van der Waals surface area contributed by atoms with Gasteiger partial charge >= 0.3 is 0 Å². The zero-order valence-corrected chi connectivity index (χ0v) is 12.8. The van der Waals surface area contributed by atoms with Crippen LogP contribution in [0.3, 0.4) is 0 Å². The van der Waals surface area contributed by atoms with Crippen LogP contribution in [0.4, 0.5) is 0 Å². The Balaban J connectivity index is 1.60. The van der Waals surface area contributed by atoms with Gasteiger partial charge in [-0.05, 0) is 30.9 Å². The Kier molecular flexibility index (Phi) is 3.22. The number of hydrogen-bond acceptors (Lipinski definition) is 2. The van der Waals surface area contributed by atoms with Gasteiger partial charge in [-0.3, -0.25) is 4.79 Å². The topological polar surface area (TPSA) is 56.3 Å². The lowest BCUT2D eigenvalue weighted by molar-refractivity contribution is -0.155. The molecule has 1 aliphatic heterocycles. The fourth-order valence-corrected chi connectivity index (χ4v) is 4.01. The van der Waals surface area contributed by atoms with Gasteiger partial charge in [0, 0.05) is 23.1 Å². The molecule has 116 valence electrons. The predicted molar refractivity (Wildman–Crippen MR) is 85.5 cm³/mol. The molecule has 1 fully saturated rings. The van der Waals surface area contributed by atoms with Gasteiger partial charge in [-0.25, -0.2) is 0 Å². The molecule has 0 bridgehead atoms. The summed E-state index contributed by atoms with van der Waals surface area (Å²) >= 11 is 0. The summed E-state index contributed by atoms with van der Waals surface area (Å²) in [5.41, 5.74) is 2.47. The molecule has 4 heteroatoms. The van der Waals surface area contributed by atoms with Crippen molar-refractivity contribution in [2.24, 2.45) is 0 Å². The summed E-state index contributed by atoms with van der Waals surface area (Å²) in [6, 6.07) is 8.29. The second kappa shape index (κ2) is 5.13. The maximum absolute atomic E-state index is 12.8. The van der Waals surface area contributed by atoms with Crippen LogP contribution in [0.15, 0.2) is 24.3 Å². The fourth-order valence-electron chi connectivity index (χ4n) is 4.01. The lowest BCUT2D eigenvalue weighted by Crippen LogP contribution is -2.51. The summed E-state index contributed by atoms with van der Waals surface area (Å²) in [6.45, 7) is 1.29. The number of aromatic amines is 1. The zero-order valence-electron chi connectivity index (χ0n) is 12.8. The van der Waals surface area contributed by atoms with E-state index in [0.29, 0.717) is 25.9 Å². The van der Waals surface area contributed by atoms with Crippen LogP contribution >= 0.6 is 0 Å². The molecule has 1 aromatic carbocycles. The number of rotatable bonds is 1. The second-order valence-corrected chi connectivity index (χ2v) is 6.70. The smallest absolute Gasteiger partial charge is 0.254 e. The number of amides is 1. The number of carbonyl (C=O) groups is 1. The number of fused-ring (bicyclic) bond motifs is 3. The number of benzene rings is 1. The Morgan fingerprint density at radius 3 is 2.77 bits per heavy atom. The van der Waals surface area contributed by atoms with Gasteiger partial charge in [-0.2, -0.15) is 0 Å². The van der Waals surface area contributed by atoms with E-state index in [9.17, 15) is 9.90 Å². The first kappa shape index (κ1) is 13.8. The average Bonchev–Trinajstić information content (AvgIpc) is 2.92. The molecule has 4 rings (SSSR count). The quantitative estimate of drug-likeness (QED) is 0.850. The monoisotopic (exact) mass is 298 g/mol. The van der Waals surface area contributed by atoms with E-state index >= 15 is 0 Å². The van der Waals surface area contributed by atoms with Crippen LogP contribution in [-0.2, 0) is 17.8 Å². The molecule has 1 saturated carbocycles. The summed E-state index contributed by atoms with van der Waals surface area (Å²) in [5, 5.41) is 11.9. The highest BCUT2D eigenvalue weighted by Crippen LogP contribution is 2.33. The minimum Gasteiger partial charge on any atom is -0.380 e. The van der Waals surface area contributed by atoms with Gasteiger partial charge in [-0.15, -0.1) is 0 Å². The first-order chi connectivity index (χ1) is 10.7. The number of H-pyrrole nitrogens is 1. The number of aromatic nitrogens is 1. The van der Waals surface area contributed by atoms with Gasteiger partial charge in [0.05, 0.1) is 6.54 Å². The molecule has 0 unspecified atom stereocenters. The van der Waals surface area contributed by atoms with Gasteiger partial charge in [0.1, 0.15) is 5.60 Å². The first-order valence-electron chi connectivity index (χ1n) is 8.28. The molecule has 4 nitrogen and oxygen atoms in total. The van der Waals surface area contributed by atoms with Crippen LogP contribution in [0.5, 0.6) is 0 Å². The fraction of sp³-hybridized carbons (Fsp3) is 0.500. The molecule has 1 aliphatic carbocycles. The Bertz CT molecular complexity index is 713. The molecule has 0 radical (unpaired) electrons. The summed E-state index contributed by atoms with van der Waals surface area (Å²) in [7, 11) is 0. The van der Waals surface area contributed by atoms with Crippen molar-refractivity contribution >= 4 is 16.8 Å². The highest BCUT2D eigenvalue weighted by molar-refractivity contribution is 5.87. The molecule has 2 aromatic rings. The van der Waals surface area contributed by atoms with Crippen LogP contribution in [0, 0.1) is 0 Å². The van der Waals surface area contributed by atoms with Crippen LogP contribution in [0.25, 0.3) is 10.9 Å². The SMILES string of the molecule is O=C(N1CCc2c([nH]c3ccccc23)C1)C1(O)CCCCC1. The van der Waals surface area contributed by atoms with E-state index in [1.807, 2.05) is 11.0 Å². The minimum absolute atomic E-state index is 0.0727. The highest BCUT2D eigenvalue weighted by Gasteiger charge is 2.41. The van der Waals surface area contributed by atoms with Crippen molar-refractivity contribution in [3.8, 4) is 0 Å². The third kappa shape index (κ3) is 2.13. The van der Waals surface area contributed by atoms with Crippen LogP contribution in [-0.4, -0.2) is 33.0 Å². The molecule has 1 amide bonds. The van der Waals surface area contributed by atoms with Gasteiger partial charge in [-0.1, -0.05) is 37.5 Å². The number of para-hydroxylation sites is 1. The van der Waals surface area contributed by atoms with Gasteiger partial charge < -0.3 is 15.0 Å². The summed E-state index contributed by atoms with van der Waals surface area (Å²) in [5.74, 6) is -0.0727. The number of nitrogens with one attached hydrogen (secondary N) is 1. The number of nitrogens with zero attached hydrogens (tertiary/aromatic N) is 1. The number of hydrogen-bond donors (Lipinski definition) is 2. The standard InChI is InChI=1S/C18H22N2O2/c21-17(18(22)9-4-1-5-10-18)20-11-8-14-13-6-2-3-7-15(13)19-16(14)12-20/h2-3,6-7,19,22H,1,4-5,8-12H2. The Morgan fingerprint density at radius 2 is 1.95 bits per heavy atom. The van der Waals surface area contributed by atoms with Gasteiger partial charge in [0.25, 0.3) is 5.91 Å². The molecule has 2 aliphatic rings. The minimum atomic E-state index is -1.12. The van der Waals surface area contributed by atoms with E-state index in [0.717, 1.165) is 36.9 Å². The normalized spacial score (nSPS) is 20.9. The molecule has 0 atom stereocenters. The van der Waals surface area contributed by atoms with E-state index in [-0.39, 0.29) is 5.91 Å². The van der Waals surface area contributed by atoms with E-state index in [1.165, 1.54) is 10.9 Å². The Hall–Kier alpha value is -1.81. The van der Waals surface area contributed by atoms with Crippen molar-refractivity contribution in [3.63, 3.8) is 0 Å². The zero-order chi connectivity index (χ0) is 15.2. The summed E-state index contributed by atoms with van der Waals surface area (Å²) in [6.07, 6.45) is 5.12. The number of carbonyl (C=O) groups excluding carboxylic acids is 1. The van der Waals surface area contributed by atoms with Crippen molar-refractivity contribution in [1.29, 1.82) is 0 Å². The molecule has 1 aromatic heterocycles. The van der Waals surface area contributed by atoms with E-state index in [4.69, 9.17) is 0 Å². The summed E-state index contributed by atoms with van der Waals surface area (Å²) in [4.78, 5) is 18.0. The van der Waals surface area contributed by atoms with Crippen LogP contribution in [0.2, 0.25) is 0 Å². The Labute approximate surface area is 130 Å². The molecule has 0 saturated heterocycles. The lowest BCUT2D eigenvalue weighted by atomic mass is 9.83. The first-order valence-corrected chi connectivity index (χ1v) is 8.28. The van der Waals surface area contributed by atoms with Crippen molar-refractivity contribution in [2.75, 3.05) is 6.54 Å². The predicted octanol–water partition coefficient (Wildman–Crippen LogP) is 2.75.